The summed E-state index contributed by atoms with van der Waals surface area (Å²) in [7, 11) is 0. The van der Waals surface area contributed by atoms with Crippen LogP contribution in [0.2, 0.25) is 0 Å². The molecule has 6 N–H and O–H groups in total. The summed E-state index contributed by atoms with van der Waals surface area (Å²) in [5, 5.41) is 22.4. The maximum atomic E-state index is 13.5. The molecule has 3 aliphatic heterocycles. The van der Waals surface area contributed by atoms with Crippen LogP contribution >= 0.6 is 38.1 Å². The van der Waals surface area contributed by atoms with Gasteiger partial charge in [-0.25, -0.2) is 34.0 Å². The summed E-state index contributed by atoms with van der Waals surface area (Å²) in [6.07, 6.45) is -5.18. The van der Waals surface area contributed by atoms with Crippen LogP contribution in [0, 0.1) is 0 Å². The van der Waals surface area contributed by atoms with Gasteiger partial charge in [0.15, 0.2) is 29.6 Å². The lowest BCUT2D eigenvalue weighted by Crippen LogP contribution is -2.35. The van der Waals surface area contributed by atoms with Gasteiger partial charge in [0, 0.05) is 6.20 Å². The van der Waals surface area contributed by atoms with Gasteiger partial charge in [-0.1, -0.05) is 24.5 Å². The van der Waals surface area contributed by atoms with E-state index < -0.39 is 75.9 Å². The number of ether oxygens (including phenoxy) is 2. The maximum Gasteiger partial charge on any atom is 0.386 e. The molecule has 0 amide bonds. The van der Waals surface area contributed by atoms with Crippen molar-refractivity contribution in [2.75, 3.05) is 24.7 Å². The van der Waals surface area contributed by atoms with E-state index in [0.717, 1.165) is 0 Å². The van der Waals surface area contributed by atoms with Crippen molar-refractivity contribution in [3.63, 3.8) is 0 Å². The summed E-state index contributed by atoms with van der Waals surface area (Å²) >= 11 is 8.19. The Bertz CT molecular complexity index is 1830. The van der Waals surface area contributed by atoms with Crippen molar-refractivity contribution in [3.05, 3.63) is 31.2 Å². The third-order valence-corrected chi connectivity index (χ3v) is 10.6. The van der Waals surface area contributed by atoms with Crippen LogP contribution in [-0.2, 0) is 36.7 Å². The molecule has 19 nitrogen and oxygen atoms in total. The first-order valence-corrected chi connectivity index (χ1v) is 18.3. The monoisotopic (exact) mass is 689 g/mol. The first-order valence-electron chi connectivity index (χ1n) is 12.9. The zero-order chi connectivity index (χ0) is 31.0. The second-order valence-corrected chi connectivity index (χ2v) is 15.8. The van der Waals surface area contributed by atoms with Gasteiger partial charge in [0.05, 0.1) is 31.6 Å². The molecule has 0 aromatic carbocycles. The minimum atomic E-state index is -4.30. The highest BCUT2D eigenvalue weighted by atomic mass is 32.7. The fourth-order valence-corrected chi connectivity index (χ4v) is 8.26. The second-order valence-electron chi connectivity index (χ2n) is 10.1. The highest BCUT2D eigenvalue weighted by Crippen LogP contribution is 2.60. The summed E-state index contributed by atoms with van der Waals surface area (Å²) in [5.74, 6) is 0.102. The van der Waals surface area contributed by atoms with Crippen molar-refractivity contribution in [2.45, 2.75) is 49.1 Å². The van der Waals surface area contributed by atoms with E-state index >= 15 is 0 Å². The van der Waals surface area contributed by atoms with Gasteiger partial charge in [-0.3, -0.25) is 27.2 Å². The lowest BCUT2D eigenvalue weighted by molar-refractivity contribution is -0.0575. The number of rotatable bonds is 2. The zero-order valence-corrected chi connectivity index (χ0v) is 25.7. The van der Waals surface area contributed by atoms with Gasteiger partial charge in [-0.2, -0.15) is 0 Å². The molecule has 7 rings (SSSR count). The van der Waals surface area contributed by atoms with E-state index in [9.17, 15) is 19.3 Å². The molecule has 10 atom stereocenters. The highest BCUT2D eigenvalue weighted by molar-refractivity contribution is 8.44. The quantitative estimate of drug-likeness (QED) is 0.126. The summed E-state index contributed by atoms with van der Waals surface area (Å²) in [6, 6.07) is 1.56. The standard InChI is InChI=1S/C21H25N9O10P2S2/c22-8-1-2-24-18-11(8)27-6-30(18)21-16-13(31)9(37-21)3-35-41(33,43)39-15-10(4-36-42(34,44)40-16)38-20(14(15)32)29-7-28-12-17(23)25-5-26-19(12)29/h1-2,5-7,9-10,13-16,20-21,31-32H,3-4H2,(H2,22,24)(H,33,43)(H,34,44)(H2,23,25,26)/t9-,10-,13-,14-,15-,16-,20-,21-,41-,42-/m1/s1. The molecule has 0 saturated carbocycles. The molecule has 4 aromatic rings. The van der Waals surface area contributed by atoms with Crippen LogP contribution in [0.1, 0.15) is 12.5 Å². The summed E-state index contributed by atoms with van der Waals surface area (Å²) in [6.45, 7) is -9.63. The van der Waals surface area contributed by atoms with Gasteiger partial charge >= 0.3 is 13.6 Å². The van der Waals surface area contributed by atoms with Crippen LogP contribution in [0.5, 0.6) is 0 Å². The first-order chi connectivity index (χ1) is 20.9. The van der Waals surface area contributed by atoms with Crippen LogP contribution in [0.25, 0.3) is 22.3 Å². The van der Waals surface area contributed by atoms with E-state index in [1.807, 2.05) is 0 Å². The van der Waals surface area contributed by atoms with E-state index in [1.54, 1.807) is 6.07 Å². The number of pyridine rings is 1. The number of aliphatic hydroxyl groups is 2. The number of aromatic nitrogens is 7. The SMILES string of the molecule is Nc1ncnc2c1ncn2[C@@H]1O[C@@H]2CO[P@@](=O)(S)O[C@@H]3[C@H](O)[C@@H](CO[P@@](=O)(S)O[C@H]2[C@H]1O)O[C@H]3n1cnc2c(N)ccnc21. The van der Waals surface area contributed by atoms with Gasteiger partial charge in [-0.15, -0.1) is 0 Å². The third kappa shape index (κ3) is 5.29. The molecule has 23 heteroatoms. The van der Waals surface area contributed by atoms with Gasteiger partial charge in [0.2, 0.25) is 0 Å². The van der Waals surface area contributed by atoms with Crippen molar-refractivity contribution in [2.24, 2.45) is 0 Å². The fourth-order valence-electron chi connectivity index (χ4n) is 5.31. The van der Waals surface area contributed by atoms with E-state index in [1.165, 1.54) is 34.3 Å². The topological polar surface area (TPSA) is 256 Å². The molecule has 0 aliphatic carbocycles. The van der Waals surface area contributed by atoms with Crippen LogP contribution in [0.4, 0.5) is 11.5 Å². The molecule has 3 fully saturated rings. The molecule has 3 saturated heterocycles. The Morgan fingerprint density at radius 3 is 2.16 bits per heavy atom. The van der Waals surface area contributed by atoms with E-state index in [0.29, 0.717) is 11.2 Å². The molecule has 4 aromatic heterocycles. The number of nitrogens with zero attached hydrogens (tertiary/aromatic N) is 7. The molecule has 0 radical (unpaired) electrons. The van der Waals surface area contributed by atoms with Crippen LogP contribution in [0.3, 0.4) is 0 Å². The molecular weight excluding hydrogens is 664 g/mol. The van der Waals surface area contributed by atoms with Crippen LogP contribution in [-0.4, -0.2) is 94.1 Å². The minimum Gasteiger partial charge on any atom is -0.397 e. The van der Waals surface area contributed by atoms with E-state index in [2.05, 4.69) is 49.4 Å². The predicted octanol–water partition coefficient (Wildman–Crippen LogP) is 0.845. The number of hydrogen-bond donors (Lipinski definition) is 6. The zero-order valence-electron chi connectivity index (χ0n) is 22.2. The Morgan fingerprint density at radius 1 is 0.795 bits per heavy atom. The Labute approximate surface area is 257 Å². The molecular formula is C21H25N9O10P2S2. The molecule has 236 valence electrons. The maximum absolute atomic E-state index is 13.5. The lowest BCUT2D eigenvalue weighted by atomic mass is 10.1. The summed E-state index contributed by atoms with van der Waals surface area (Å²) in [5.41, 5.74) is 13.4. The molecule has 0 unspecified atom stereocenters. The highest BCUT2D eigenvalue weighted by Gasteiger charge is 2.53. The number of nitrogens with two attached hydrogens (primary N) is 2. The molecule has 7 heterocycles. The van der Waals surface area contributed by atoms with Gasteiger partial charge in [0.25, 0.3) is 0 Å². The largest absolute Gasteiger partial charge is 0.397 e. The number of nitrogen functional groups attached to an aromatic ring is 2. The number of hydrogen-bond acceptors (Lipinski definition) is 17. The average Bonchev–Trinajstić information content (AvgIpc) is 3.73. The number of imidazole rings is 2. The van der Waals surface area contributed by atoms with Gasteiger partial charge < -0.3 is 31.2 Å². The number of anilines is 2. The molecule has 2 bridgehead atoms. The Balaban J connectivity index is 1.20. The number of fused-ring (bicyclic) bond motifs is 5. The van der Waals surface area contributed by atoms with Crippen molar-refractivity contribution in [1.29, 1.82) is 0 Å². The smallest absolute Gasteiger partial charge is 0.386 e. The summed E-state index contributed by atoms with van der Waals surface area (Å²) < 4.78 is 64.2. The number of thiol groups is 2. The third-order valence-electron chi connectivity index (χ3n) is 7.36. The lowest BCUT2D eigenvalue weighted by Gasteiger charge is -2.26. The van der Waals surface area contributed by atoms with Gasteiger partial charge in [0.1, 0.15) is 54.0 Å². The van der Waals surface area contributed by atoms with Crippen molar-refractivity contribution >= 4 is 71.9 Å². The Kier molecular flexibility index (Phi) is 7.67. The first kappa shape index (κ1) is 30.3. The normalized spacial score (nSPS) is 38.3. The van der Waals surface area contributed by atoms with Crippen molar-refractivity contribution < 1.29 is 46.9 Å². The molecule has 44 heavy (non-hydrogen) atoms. The molecule has 3 aliphatic rings. The van der Waals surface area contributed by atoms with Gasteiger partial charge in [-0.05, 0) is 6.07 Å². The Hall–Kier alpha value is -2.39. The van der Waals surface area contributed by atoms with Crippen molar-refractivity contribution in [1.82, 2.24) is 34.1 Å². The number of aliphatic hydroxyl groups excluding tert-OH is 2. The average molecular weight is 690 g/mol. The fraction of sp³-hybridized carbons (Fsp3) is 0.476. The summed E-state index contributed by atoms with van der Waals surface area (Å²) in [4.78, 5) is 20.8. The van der Waals surface area contributed by atoms with Crippen LogP contribution < -0.4 is 11.5 Å². The predicted molar refractivity (Wildman–Crippen MR) is 156 cm³/mol. The van der Waals surface area contributed by atoms with Crippen molar-refractivity contribution in [3.8, 4) is 0 Å². The Morgan fingerprint density at radius 2 is 1.41 bits per heavy atom. The van der Waals surface area contributed by atoms with Crippen LogP contribution in [0.15, 0.2) is 31.2 Å². The molecule has 0 spiro atoms. The second kappa shape index (κ2) is 11.1. The van der Waals surface area contributed by atoms with E-state index in [-0.39, 0.29) is 22.6 Å². The minimum absolute atomic E-state index is 0.102. The van der Waals surface area contributed by atoms with E-state index in [4.69, 9.17) is 39.0 Å².